The third-order valence-electron chi connectivity index (χ3n) is 3.73. The molecule has 1 saturated heterocycles. The predicted octanol–water partition coefficient (Wildman–Crippen LogP) is 2.47. The number of rotatable bonds is 6. The van der Waals surface area contributed by atoms with Crippen LogP contribution in [-0.4, -0.2) is 36.8 Å². The minimum absolute atomic E-state index is 0.124. The number of anilines is 1. The van der Waals surface area contributed by atoms with Crippen LogP contribution in [-0.2, 0) is 10.0 Å². The fraction of sp³-hybridized carbons (Fsp3) is 0.643. The Morgan fingerprint density at radius 3 is 2.95 bits per heavy atom. The van der Waals surface area contributed by atoms with E-state index in [1.54, 1.807) is 16.6 Å². The van der Waals surface area contributed by atoms with Gasteiger partial charge < -0.3 is 5.32 Å². The Bertz CT molecular complexity index is 545. The molecule has 1 fully saturated rings. The summed E-state index contributed by atoms with van der Waals surface area (Å²) < 4.78 is 27.3. The molecule has 0 bridgehead atoms. The number of hydrogen-bond acceptors (Lipinski definition) is 4. The van der Waals surface area contributed by atoms with Gasteiger partial charge in [0, 0.05) is 31.5 Å². The summed E-state index contributed by atoms with van der Waals surface area (Å²) in [7, 11) is -3.45. The van der Waals surface area contributed by atoms with Crippen molar-refractivity contribution in [3.8, 4) is 0 Å². The molecule has 20 heavy (non-hydrogen) atoms. The van der Waals surface area contributed by atoms with Gasteiger partial charge in [-0.2, -0.15) is 4.31 Å². The highest BCUT2D eigenvalue weighted by Gasteiger charge is 2.35. The second kappa shape index (κ2) is 6.54. The number of hydrogen-bond donors (Lipinski definition) is 1. The molecule has 112 valence electrons. The summed E-state index contributed by atoms with van der Waals surface area (Å²) >= 11 is 0. The third-order valence-corrected chi connectivity index (χ3v) is 5.71. The topological polar surface area (TPSA) is 62.3 Å². The van der Waals surface area contributed by atoms with Crippen LogP contribution in [0.15, 0.2) is 23.4 Å². The molecule has 1 N–H and O–H groups in total. The van der Waals surface area contributed by atoms with Gasteiger partial charge in [-0.1, -0.05) is 13.8 Å². The molecule has 0 spiro atoms. The molecule has 1 aromatic heterocycles. The van der Waals surface area contributed by atoms with E-state index >= 15 is 0 Å². The van der Waals surface area contributed by atoms with Gasteiger partial charge in [-0.05, 0) is 31.7 Å². The van der Waals surface area contributed by atoms with E-state index in [2.05, 4.69) is 17.2 Å². The highest BCUT2D eigenvalue weighted by atomic mass is 32.2. The average Bonchev–Trinajstić information content (AvgIpc) is 2.94. The Labute approximate surface area is 121 Å². The lowest BCUT2D eigenvalue weighted by Gasteiger charge is -2.24. The van der Waals surface area contributed by atoms with Crippen molar-refractivity contribution in [3.63, 3.8) is 0 Å². The Morgan fingerprint density at radius 2 is 2.25 bits per heavy atom. The second-order valence-corrected chi connectivity index (χ2v) is 6.98. The average molecular weight is 297 g/mol. The van der Waals surface area contributed by atoms with Crippen LogP contribution in [0.4, 0.5) is 5.69 Å². The van der Waals surface area contributed by atoms with Crippen molar-refractivity contribution >= 4 is 15.7 Å². The first-order valence-electron chi connectivity index (χ1n) is 7.31. The minimum Gasteiger partial charge on any atom is -0.384 e. The van der Waals surface area contributed by atoms with Crippen molar-refractivity contribution in [2.75, 3.05) is 18.4 Å². The van der Waals surface area contributed by atoms with Crippen LogP contribution in [0, 0.1) is 0 Å². The van der Waals surface area contributed by atoms with Crippen molar-refractivity contribution in [3.05, 3.63) is 18.5 Å². The quantitative estimate of drug-likeness (QED) is 0.876. The van der Waals surface area contributed by atoms with Gasteiger partial charge in [0.25, 0.3) is 0 Å². The minimum atomic E-state index is -3.45. The molecule has 0 aromatic carbocycles. The molecule has 1 aromatic rings. The fourth-order valence-electron chi connectivity index (χ4n) is 2.65. The summed E-state index contributed by atoms with van der Waals surface area (Å²) in [5.74, 6) is 0. The van der Waals surface area contributed by atoms with Gasteiger partial charge >= 0.3 is 0 Å². The lowest BCUT2D eigenvalue weighted by Crippen LogP contribution is -2.35. The Balaban J connectivity index is 2.34. The van der Waals surface area contributed by atoms with Crippen molar-refractivity contribution in [2.45, 2.75) is 50.5 Å². The maximum atomic E-state index is 12.8. The summed E-state index contributed by atoms with van der Waals surface area (Å²) in [5.41, 5.74) is 0.656. The van der Waals surface area contributed by atoms with Crippen LogP contribution < -0.4 is 5.32 Å². The Kier molecular flexibility index (Phi) is 4.99. The van der Waals surface area contributed by atoms with E-state index in [1.165, 1.54) is 6.20 Å². The number of sulfonamides is 1. The number of nitrogens with one attached hydrogen (secondary N) is 1. The van der Waals surface area contributed by atoms with Gasteiger partial charge in [0.05, 0.1) is 5.69 Å². The predicted molar refractivity (Wildman–Crippen MR) is 80.2 cm³/mol. The molecule has 0 aliphatic carbocycles. The normalized spacial score (nSPS) is 20.2. The van der Waals surface area contributed by atoms with E-state index in [9.17, 15) is 8.42 Å². The molecule has 5 nitrogen and oxygen atoms in total. The zero-order chi connectivity index (χ0) is 14.6. The van der Waals surface area contributed by atoms with Crippen molar-refractivity contribution in [1.82, 2.24) is 9.29 Å². The summed E-state index contributed by atoms with van der Waals surface area (Å²) in [6, 6.07) is 1.86. The van der Waals surface area contributed by atoms with Crippen LogP contribution in [0.1, 0.15) is 39.5 Å². The van der Waals surface area contributed by atoms with Gasteiger partial charge in [-0.25, -0.2) is 8.42 Å². The van der Waals surface area contributed by atoms with Crippen LogP contribution >= 0.6 is 0 Å². The number of nitrogens with zero attached hydrogens (tertiary/aromatic N) is 2. The zero-order valence-corrected chi connectivity index (χ0v) is 13.0. The Morgan fingerprint density at radius 1 is 1.45 bits per heavy atom. The number of aromatic nitrogens is 1. The smallest absolute Gasteiger partial charge is 0.246 e. The van der Waals surface area contributed by atoms with Crippen LogP contribution in [0.2, 0.25) is 0 Å². The van der Waals surface area contributed by atoms with Crippen molar-refractivity contribution in [2.24, 2.45) is 0 Å². The lowest BCUT2D eigenvalue weighted by molar-refractivity contribution is 0.379. The SMILES string of the molecule is CCCNc1ccncc1S(=O)(=O)N1CCCC1CC. The van der Waals surface area contributed by atoms with E-state index in [0.717, 1.165) is 32.2 Å². The first kappa shape index (κ1) is 15.3. The molecule has 1 aliphatic heterocycles. The van der Waals surface area contributed by atoms with Gasteiger partial charge in [-0.15, -0.1) is 0 Å². The number of pyridine rings is 1. The summed E-state index contributed by atoms with van der Waals surface area (Å²) in [5, 5.41) is 3.18. The summed E-state index contributed by atoms with van der Waals surface area (Å²) in [6.07, 6.45) is 6.78. The maximum absolute atomic E-state index is 12.8. The summed E-state index contributed by atoms with van der Waals surface area (Å²) in [4.78, 5) is 4.30. The van der Waals surface area contributed by atoms with E-state index < -0.39 is 10.0 Å². The van der Waals surface area contributed by atoms with Crippen molar-refractivity contribution < 1.29 is 8.42 Å². The summed E-state index contributed by atoms with van der Waals surface area (Å²) in [6.45, 7) is 5.46. The molecule has 0 amide bonds. The molecule has 2 rings (SSSR count). The molecule has 6 heteroatoms. The van der Waals surface area contributed by atoms with Gasteiger partial charge in [0.15, 0.2) is 0 Å². The molecular weight excluding hydrogens is 274 g/mol. The molecule has 2 heterocycles. The van der Waals surface area contributed by atoms with Crippen LogP contribution in [0.25, 0.3) is 0 Å². The first-order valence-corrected chi connectivity index (χ1v) is 8.75. The van der Waals surface area contributed by atoms with Crippen LogP contribution in [0.5, 0.6) is 0 Å². The molecule has 1 aliphatic rings. The molecule has 1 unspecified atom stereocenters. The van der Waals surface area contributed by atoms with Crippen LogP contribution in [0.3, 0.4) is 0 Å². The van der Waals surface area contributed by atoms with E-state index in [-0.39, 0.29) is 6.04 Å². The van der Waals surface area contributed by atoms with Crippen molar-refractivity contribution in [1.29, 1.82) is 0 Å². The highest BCUT2D eigenvalue weighted by molar-refractivity contribution is 7.89. The van der Waals surface area contributed by atoms with E-state index in [1.807, 2.05) is 6.92 Å². The largest absolute Gasteiger partial charge is 0.384 e. The zero-order valence-electron chi connectivity index (χ0n) is 12.2. The third kappa shape index (κ3) is 2.96. The Hall–Kier alpha value is -1.14. The molecule has 0 radical (unpaired) electrons. The van der Waals surface area contributed by atoms with E-state index in [0.29, 0.717) is 17.1 Å². The standard InChI is InChI=1S/C14H23N3O2S/c1-3-8-16-13-7-9-15-11-14(13)20(18,19)17-10-5-6-12(17)4-2/h7,9,11-12H,3-6,8,10H2,1-2H3,(H,15,16). The van der Waals surface area contributed by atoms with Gasteiger partial charge in [0.2, 0.25) is 10.0 Å². The molecular formula is C14H23N3O2S. The van der Waals surface area contributed by atoms with E-state index in [4.69, 9.17) is 0 Å². The fourth-order valence-corrected chi connectivity index (χ4v) is 4.53. The lowest BCUT2D eigenvalue weighted by atomic mass is 10.2. The maximum Gasteiger partial charge on any atom is 0.246 e. The highest BCUT2D eigenvalue weighted by Crippen LogP contribution is 2.30. The van der Waals surface area contributed by atoms with Gasteiger partial charge in [0.1, 0.15) is 4.90 Å². The second-order valence-electron chi connectivity index (χ2n) is 5.12. The monoisotopic (exact) mass is 297 g/mol. The molecule has 0 saturated carbocycles. The first-order chi connectivity index (χ1) is 9.61. The van der Waals surface area contributed by atoms with Gasteiger partial charge in [-0.3, -0.25) is 4.98 Å². The molecule has 1 atom stereocenters.